The van der Waals surface area contributed by atoms with Crippen LogP contribution in [0.3, 0.4) is 0 Å². The van der Waals surface area contributed by atoms with Crippen molar-refractivity contribution in [2.45, 2.75) is 25.4 Å². The quantitative estimate of drug-likeness (QED) is 0.739. The molecule has 1 fully saturated rings. The first-order valence-electron chi connectivity index (χ1n) is 5.01. The maximum absolute atomic E-state index is 11.8. The number of amides is 1. The third kappa shape index (κ3) is 2.18. The highest BCUT2D eigenvalue weighted by atomic mass is 16.5. The van der Waals surface area contributed by atoms with Crippen molar-refractivity contribution in [2.75, 3.05) is 13.1 Å². The minimum atomic E-state index is -0.641. The fraction of sp³-hybridized carbons (Fsp3) is 0.600. The van der Waals surface area contributed by atoms with Gasteiger partial charge in [-0.1, -0.05) is 5.16 Å². The average Bonchev–Trinajstić information content (AvgIpc) is 2.69. The summed E-state index contributed by atoms with van der Waals surface area (Å²) in [5, 5.41) is 13.2. The molecule has 15 heavy (non-hydrogen) atoms. The lowest BCUT2D eigenvalue weighted by Gasteiger charge is -2.35. The molecule has 0 atom stereocenters. The van der Waals surface area contributed by atoms with Gasteiger partial charge in [0.05, 0.1) is 11.8 Å². The van der Waals surface area contributed by atoms with Gasteiger partial charge in [0.2, 0.25) is 5.76 Å². The number of aromatic nitrogens is 1. The Hall–Kier alpha value is -1.36. The first-order chi connectivity index (χ1) is 7.08. The summed E-state index contributed by atoms with van der Waals surface area (Å²) in [6, 6.07) is 1.55. The zero-order valence-corrected chi connectivity index (χ0v) is 8.64. The van der Waals surface area contributed by atoms with Crippen LogP contribution in [-0.2, 0) is 0 Å². The predicted molar refractivity (Wildman–Crippen MR) is 52.3 cm³/mol. The molecule has 1 aromatic heterocycles. The number of likely N-dealkylation sites (tertiary alicyclic amines) is 1. The Morgan fingerprint density at radius 1 is 1.60 bits per heavy atom. The maximum atomic E-state index is 11.8. The molecule has 0 saturated carbocycles. The van der Waals surface area contributed by atoms with Crippen molar-refractivity contribution in [3.05, 3.63) is 18.0 Å². The van der Waals surface area contributed by atoms with E-state index in [4.69, 9.17) is 4.52 Å². The molecule has 5 nitrogen and oxygen atoms in total. The molecule has 82 valence electrons. The van der Waals surface area contributed by atoms with E-state index in [9.17, 15) is 9.90 Å². The molecule has 0 aliphatic carbocycles. The number of piperidine rings is 1. The van der Waals surface area contributed by atoms with E-state index in [0.29, 0.717) is 25.9 Å². The normalized spacial score (nSPS) is 20.3. The van der Waals surface area contributed by atoms with E-state index in [2.05, 4.69) is 5.16 Å². The number of carbonyl (C=O) groups is 1. The monoisotopic (exact) mass is 210 g/mol. The molecule has 1 aliphatic rings. The Kier molecular flexibility index (Phi) is 2.48. The number of rotatable bonds is 1. The van der Waals surface area contributed by atoms with E-state index < -0.39 is 5.60 Å². The molecule has 1 amide bonds. The van der Waals surface area contributed by atoms with Crippen LogP contribution in [-0.4, -0.2) is 39.8 Å². The van der Waals surface area contributed by atoms with Crippen molar-refractivity contribution < 1.29 is 14.4 Å². The first-order valence-corrected chi connectivity index (χ1v) is 5.01. The molecular formula is C10H14N2O3. The minimum Gasteiger partial charge on any atom is -0.390 e. The highest BCUT2D eigenvalue weighted by Crippen LogP contribution is 2.22. The zero-order chi connectivity index (χ0) is 10.9. The van der Waals surface area contributed by atoms with E-state index in [-0.39, 0.29) is 11.7 Å². The van der Waals surface area contributed by atoms with Gasteiger partial charge in [0.1, 0.15) is 0 Å². The van der Waals surface area contributed by atoms with Crippen LogP contribution in [0.25, 0.3) is 0 Å². The molecule has 0 unspecified atom stereocenters. The lowest BCUT2D eigenvalue weighted by Crippen LogP contribution is -2.45. The molecule has 5 heteroatoms. The summed E-state index contributed by atoms with van der Waals surface area (Å²) in [6.07, 6.45) is 2.66. The van der Waals surface area contributed by atoms with Crippen LogP contribution < -0.4 is 0 Å². The van der Waals surface area contributed by atoms with E-state index >= 15 is 0 Å². The first kappa shape index (κ1) is 10.2. The Morgan fingerprint density at radius 2 is 2.27 bits per heavy atom. The molecule has 1 aliphatic heterocycles. The molecular weight excluding hydrogens is 196 g/mol. The molecule has 0 spiro atoms. The van der Waals surface area contributed by atoms with Gasteiger partial charge in [-0.25, -0.2) is 0 Å². The summed E-state index contributed by atoms with van der Waals surface area (Å²) in [4.78, 5) is 13.5. The predicted octanol–water partition coefficient (Wildman–Crippen LogP) is 0.662. The van der Waals surface area contributed by atoms with E-state index in [1.807, 2.05) is 0 Å². The number of nitrogens with zero attached hydrogens (tertiary/aromatic N) is 2. The molecule has 1 N–H and O–H groups in total. The fourth-order valence-corrected chi connectivity index (χ4v) is 1.67. The van der Waals surface area contributed by atoms with Gasteiger partial charge in [-0.15, -0.1) is 0 Å². The maximum Gasteiger partial charge on any atom is 0.292 e. The van der Waals surface area contributed by atoms with E-state index in [1.54, 1.807) is 17.9 Å². The second kappa shape index (κ2) is 3.66. The van der Waals surface area contributed by atoms with Crippen LogP contribution in [0.5, 0.6) is 0 Å². The molecule has 2 rings (SSSR count). The van der Waals surface area contributed by atoms with Gasteiger partial charge in [0, 0.05) is 19.2 Å². The standard InChI is InChI=1S/C10H14N2O3/c1-10(14)3-6-12(7-4-10)9(13)8-2-5-11-15-8/h2,5,14H,3-4,6-7H2,1H3. The third-order valence-electron chi connectivity index (χ3n) is 2.78. The topological polar surface area (TPSA) is 66.6 Å². The number of aliphatic hydroxyl groups is 1. The molecule has 0 bridgehead atoms. The summed E-state index contributed by atoms with van der Waals surface area (Å²) < 4.78 is 4.80. The third-order valence-corrected chi connectivity index (χ3v) is 2.78. The number of carbonyl (C=O) groups excluding carboxylic acids is 1. The second-order valence-electron chi connectivity index (χ2n) is 4.17. The van der Waals surface area contributed by atoms with Crippen LogP contribution >= 0.6 is 0 Å². The van der Waals surface area contributed by atoms with Crippen molar-refractivity contribution in [3.8, 4) is 0 Å². The molecule has 0 aromatic carbocycles. The van der Waals surface area contributed by atoms with Gasteiger partial charge in [0.15, 0.2) is 0 Å². The average molecular weight is 210 g/mol. The lowest BCUT2D eigenvalue weighted by atomic mass is 9.94. The number of hydrogen-bond acceptors (Lipinski definition) is 4. The van der Waals surface area contributed by atoms with Crippen molar-refractivity contribution in [1.82, 2.24) is 10.1 Å². The van der Waals surface area contributed by atoms with Gasteiger partial charge in [-0.3, -0.25) is 4.79 Å². The van der Waals surface area contributed by atoms with Gasteiger partial charge in [-0.2, -0.15) is 0 Å². The van der Waals surface area contributed by atoms with Crippen LogP contribution in [0, 0.1) is 0 Å². The lowest BCUT2D eigenvalue weighted by molar-refractivity contribution is -0.00309. The van der Waals surface area contributed by atoms with Crippen molar-refractivity contribution in [1.29, 1.82) is 0 Å². The van der Waals surface area contributed by atoms with Crippen molar-refractivity contribution in [3.63, 3.8) is 0 Å². The smallest absolute Gasteiger partial charge is 0.292 e. The van der Waals surface area contributed by atoms with Gasteiger partial charge in [-0.05, 0) is 19.8 Å². The molecule has 2 heterocycles. The molecule has 1 saturated heterocycles. The summed E-state index contributed by atoms with van der Waals surface area (Å²) >= 11 is 0. The minimum absolute atomic E-state index is 0.150. The Morgan fingerprint density at radius 3 is 2.80 bits per heavy atom. The van der Waals surface area contributed by atoms with Crippen LogP contribution in [0.15, 0.2) is 16.8 Å². The SMILES string of the molecule is CC1(O)CCN(C(=O)c2ccno2)CC1. The van der Waals surface area contributed by atoms with E-state index in [0.717, 1.165) is 0 Å². The summed E-state index contributed by atoms with van der Waals surface area (Å²) in [5.74, 6) is 0.111. The summed E-state index contributed by atoms with van der Waals surface area (Å²) in [5.41, 5.74) is -0.641. The van der Waals surface area contributed by atoms with Gasteiger partial charge < -0.3 is 14.5 Å². The fourth-order valence-electron chi connectivity index (χ4n) is 1.67. The highest BCUT2D eigenvalue weighted by Gasteiger charge is 2.30. The molecule has 0 radical (unpaired) electrons. The Labute approximate surface area is 87.7 Å². The van der Waals surface area contributed by atoms with Crippen LogP contribution in [0.4, 0.5) is 0 Å². The number of hydrogen-bond donors (Lipinski definition) is 1. The Bertz CT molecular complexity index is 336. The van der Waals surface area contributed by atoms with Crippen LogP contribution in [0.2, 0.25) is 0 Å². The van der Waals surface area contributed by atoms with Gasteiger partial charge >= 0.3 is 0 Å². The highest BCUT2D eigenvalue weighted by molar-refractivity contribution is 5.91. The second-order valence-corrected chi connectivity index (χ2v) is 4.17. The summed E-state index contributed by atoms with van der Waals surface area (Å²) in [7, 11) is 0. The van der Waals surface area contributed by atoms with Gasteiger partial charge in [0.25, 0.3) is 5.91 Å². The van der Waals surface area contributed by atoms with Crippen molar-refractivity contribution >= 4 is 5.91 Å². The van der Waals surface area contributed by atoms with Crippen molar-refractivity contribution in [2.24, 2.45) is 0 Å². The van der Waals surface area contributed by atoms with E-state index in [1.165, 1.54) is 6.20 Å². The Balaban J connectivity index is 2.00. The molecule has 1 aromatic rings. The largest absolute Gasteiger partial charge is 0.390 e. The zero-order valence-electron chi connectivity index (χ0n) is 8.64. The summed E-state index contributed by atoms with van der Waals surface area (Å²) in [6.45, 7) is 2.92. The van der Waals surface area contributed by atoms with Crippen LogP contribution in [0.1, 0.15) is 30.3 Å².